The number of alkyl halides is 6. The number of hydrogen-bond donors (Lipinski definition) is 1. The van der Waals surface area contributed by atoms with Crippen LogP contribution in [-0.2, 0) is 22.4 Å². The molecule has 0 radical (unpaired) electrons. The molecule has 2 bridgehead atoms. The van der Waals surface area contributed by atoms with Crippen molar-refractivity contribution < 1.29 is 39.5 Å². The third-order valence-electron chi connectivity index (χ3n) is 8.01. The van der Waals surface area contributed by atoms with Crippen molar-refractivity contribution in [2.24, 2.45) is 11.8 Å². The zero-order chi connectivity index (χ0) is 29.7. The van der Waals surface area contributed by atoms with Crippen LogP contribution in [0.2, 0.25) is 0 Å². The number of fused-ring (bicyclic) bond motifs is 4. The lowest BCUT2D eigenvalue weighted by molar-refractivity contribution is -0.143. The van der Waals surface area contributed by atoms with Gasteiger partial charge in [0, 0.05) is 24.2 Å². The van der Waals surface area contributed by atoms with Crippen LogP contribution in [-0.4, -0.2) is 44.5 Å². The van der Waals surface area contributed by atoms with Gasteiger partial charge in [-0.25, -0.2) is 13.1 Å². The Morgan fingerprint density at radius 3 is 2.32 bits per heavy atom. The fraction of sp³-hybridized carbons (Fsp3) is 0.393. The van der Waals surface area contributed by atoms with Crippen LogP contribution in [0.5, 0.6) is 5.75 Å². The van der Waals surface area contributed by atoms with Crippen molar-refractivity contribution in [2.75, 3.05) is 20.2 Å². The number of rotatable bonds is 7. The van der Waals surface area contributed by atoms with Crippen LogP contribution in [0.1, 0.15) is 35.6 Å². The third kappa shape index (κ3) is 5.80. The van der Waals surface area contributed by atoms with Crippen LogP contribution >= 0.6 is 0 Å². The number of halogens is 6. The molecule has 3 saturated heterocycles. The van der Waals surface area contributed by atoms with E-state index in [1.165, 1.54) is 13.3 Å². The van der Waals surface area contributed by atoms with E-state index < -0.39 is 50.5 Å². The van der Waals surface area contributed by atoms with E-state index in [2.05, 4.69) is 21.2 Å². The molecular formula is C28H27F6N3O3S. The first kappa shape index (κ1) is 29.3. The summed E-state index contributed by atoms with van der Waals surface area (Å²) >= 11 is 0. The maximum Gasteiger partial charge on any atom is 0.416 e. The summed E-state index contributed by atoms with van der Waals surface area (Å²) in [6, 6.07) is 5.56. The summed E-state index contributed by atoms with van der Waals surface area (Å²) in [7, 11) is -3.43. The zero-order valence-electron chi connectivity index (χ0n) is 21.8. The van der Waals surface area contributed by atoms with Crippen LogP contribution in [0.4, 0.5) is 26.3 Å². The van der Waals surface area contributed by atoms with Gasteiger partial charge in [-0.1, -0.05) is 6.08 Å². The van der Waals surface area contributed by atoms with E-state index in [0.717, 1.165) is 6.42 Å². The van der Waals surface area contributed by atoms with Crippen molar-refractivity contribution in [1.82, 2.24) is 14.6 Å². The van der Waals surface area contributed by atoms with Crippen molar-refractivity contribution in [3.8, 4) is 5.75 Å². The van der Waals surface area contributed by atoms with Gasteiger partial charge in [0.15, 0.2) is 0 Å². The van der Waals surface area contributed by atoms with Gasteiger partial charge in [-0.05, 0) is 79.3 Å². The Balaban J connectivity index is 1.65. The number of nitrogens with zero attached hydrogens (tertiary/aromatic N) is 2. The molecule has 13 heteroatoms. The van der Waals surface area contributed by atoms with Crippen LogP contribution in [0.3, 0.4) is 0 Å². The highest BCUT2D eigenvalue weighted by Gasteiger charge is 2.45. The lowest BCUT2D eigenvalue weighted by atomic mass is 9.73. The summed E-state index contributed by atoms with van der Waals surface area (Å²) in [5.74, 6) is 0.852. The van der Waals surface area contributed by atoms with E-state index in [9.17, 15) is 34.8 Å². The predicted molar refractivity (Wildman–Crippen MR) is 140 cm³/mol. The molecule has 2 aromatic carbocycles. The average molecular weight is 600 g/mol. The minimum atomic E-state index is -5.20. The van der Waals surface area contributed by atoms with E-state index in [4.69, 9.17) is 4.74 Å². The highest BCUT2D eigenvalue weighted by atomic mass is 32.2. The average Bonchev–Trinajstić information content (AvgIpc) is 2.94. The fourth-order valence-electron chi connectivity index (χ4n) is 5.93. The Hall–Kier alpha value is -3.16. The monoisotopic (exact) mass is 599 g/mol. The van der Waals surface area contributed by atoms with Gasteiger partial charge >= 0.3 is 12.4 Å². The molecule has 3 fully saturated rings. The highest BCUT2D eigenvalue weighted by Crippen LogP contribution is 2.43. The Labute approximate surface area is 233 Å². The Bertz CT molecular complexity index is 1540. The number of aromatic nitrogens is 1. The number of ether oxygens (including phenoxy) is 1. The van der Waals surface area contributed by atoms with E-state index in [1.54, 1.807) is 24.3 Å². The van der Waals surface area contributed by atoms with Crippen molar-refractivity contribution in [2.45, 2.75) is 42.2 Å². The van der Waals surface area contributed by atoms with Crippen molar-refractivity contribution in [1.29, 1.82) is 0 Å². The molecule has 0 amide bonds. The number of methoxy groups -OCH3 is 1. The molecule has 4 unspecified atom stereocenters. The Morgan fingerprint density at radius 2 is 1.76 bits per heavy atom. The zero-order valence-corrected chi connectivity index (χ0v) is 22.7. The maximum absolute atomic E-state index is 13.7. The van der Waals surface area contributed by atoms with Gasteiger partial charge in [-0.2, -0.15) is 26.3 Å². The SMILES string of the molecule is C=CC1CN2CCC1CC2[C@H](NS(=O)(=O)c1cc(C(F)(F)F)cc(C(F)(F)F)c1)c1ccnc2ccc(OC)cc12. The molecule has 0 saturated carbocycles. The van der Waals surface area contributed by atoms with Crippen LogP contribution in [0.15, 0.2) is 66.2 Å². The molecule has 5 atom stereocenters. The molecule has 41 heavy (non-hydrogen) atoms. The van der Waals surface area contributed by atoms with Gasteiger partial charge in [0.05, 0.1) is 34.7 Å². The second kappa shape index (κ2) is 10.6. The Kier molecular flexibility index (Phi) is 7.58. The predicted octanol–water partition coefficient (Wildman–Crippen LogP) is 6.20. The van der Waals surface area contributed by atoms with E-state index >= 15 is 0 Å². The Morgan fingerprint density at radius 1 is 1.07 bits per heavy atom. The van der Waals surface area contributed by atoms with Crippen LogP contribution in [0, 0.1) is 11.8 Å². The van der Waals surface area contributed by atoms with Crippen LogP contribution in [0.25, 0.3) is 10.9 Å². The first-order chi connectivity index (χ1) is 19.2. The lowest BCUT2D eigenvalue weighted by Gasteiger charge is -2.51. The molecule has 220 valence electrons. The topological polar surface area (TPSA) is 71.5 Å². The first-order valence-corrected chi connectivity index (χ1v) is 14.3. The summed E-state index contributed by atoms with van der Waals surface area (Å²) in [6.07, 6.45) is -5.64. The summed E-state index contributed by atoms with van der Waals surface area (Å²) in [4.78, 5) is 5.31. The number of nitrogens with one attached hydrogen (secondary N) is 1. The first-order valence-electron chi connectivity index (χ1n) is 12.8. The lowest BCUT2D eigenvalue weighted by Crippen LogP contribution is -2.57. The molecule has 0 aliphatic carbocycles. The maximum atomic E-state index is 13.7. The molecule has 4 heterocycles. The van der Waals surface area contributed by atoms with Crippen molar-refractivity contribution in [3.05, 3.63) is 78.0 Å². The van der Waals surface area contributed by atoms with Gasteiger partial charge in [0.1, 0.15) is 5.75 Å². The van der Waals surface area contributed by atoms with E-state index in [1.807, 2.05) is 6.08 Å². The molecule has 3 aromatic rings. The highest BCUT2D eigenvalue weighted by molar-refractivity contribution is 7.89. The molecular weight excluding hydrogens is 572 g/mol. The molecule has 6 nitrogen and oxygen atoms in total. The van der Waals surface area contributed by atoms with Gasteiger partial charge < -0.3 is 4.74 Å². The minimum absolute atomic E-state index is 0.0968. The summed E-state index contributed by atoms with van der Waals surface area (Å²) in [5, 5.41) is 0.544. The summed E-state index contributed by atoms with van der Waals surface area (Å²) in [6.45, 7) is 5.16. The third-order valence-corrected chi connectivity index (χ3v) is 9.43. The fourth-order valence-corrected chi connectivity index (χ4v) is 7.25. The van der Waals surface area contributed by atoms with Gasteiger partial charge in [-0.3, -0.25) is 9.88 Å². The number of sulfonamides is 1. The summed E-state index contributed by atoms with van der Waals surface area (Å²) in [5.41, 5.74) is -2.42. The quantitative estimate of drug-likeness (QED) is 0.259. The normalized spacial score (nSPS) is 23.9. The van der Waals surface area contributed by atoms with Gasteiger partial charge in [-0.15, -0.1) is 6.58 Å². The summed E-state index contributed by atoms with van der Waals surface area (Å²) < 4.78 is 116. The number of hydrogen-bond acceptors (Lipinski definition) is 5. The molecule has 1 aromatic heterocycles. The van der Waals surface area contributed by atoms with Crippen molar-refractivity contribution >= 4 is 20.9 Å². The number of benzene rings is 2. The largest absolute Gasteiger partial charge is 0.497 e. The molecule has 6 rings (SSSR count). The molecule has 0 spiro atoms. The molecule has 3 aliphatic rings. The van der Waals surface area contributed by atoms with Gasteiger partial charge in [0.2, 0.25) is 10.0 Å². The molecule has 3 aliphatic heterocycles. The minimum Gasteiger partial charge on any atom is -0.497 e. The second-order valence-electron chi connectivity index (χ2n) is 10.4. The van der Waals surface area contributed by atoms with Gasteiger partial charge in [0.25, 0.3) is 0 Å². The molecule has 1 N–H and O–H groups in total. The number of piperidine rings is 3. The van der Waals surface area contributed by atoms with Crippen LogP contribution < -0.4 is 9.46 Å². The number of pyridine rings is 1. The standard InChI is InChI=1S/C28H27F6N3O3S/c1-3-16-15-37-9-7-17(16)10-25(37)26(22-6-8-35-24-5-4-20(40-2)14-23(22)24)36-41(38,39)21-12-18(27(29,30)31)11-19(13-21)28(32,33)34/h3-6,8,11-14,16-17,25-26,36H,1,7,9-10,15H2,2H3/t16?,17?,25?,26-/m1/s1. The van der Waals surface area contributed by atoms with E-state index in [0.29, 0.717) is 41.7 Å². The van der Waals surface area contributed by atoms with Crippen molar-refractivity contribution in [3.63, 3.8) is 0 Å². The van der Waals surface area contributed by atoms with E-state index in [-0.39, 0.29) is 30.0 Å². The smallest absolute Gasteiger partial charge is 0.416 e. The second-order valence-corrected chi connectivity index (χ2v) is 12.1.